The van der Waals surface area contributed by atoms with E-state index in [9.17, 15) is 4.79 Å². The van der Waals surface area contributed by atoms with Gasteiger partial charge in [0.05, 0.1) is 13.2 Å². The number of primary amides is 1. The standard InChI is InChI=1S/C21H22N2O3/c1-25-17-7-5-15(6-8-17)20-12-16-11-14(4-9-19(16)26-20)13-23-10-2-3-18(23)21(22)24/h4-9,11-12,18H,2-3,10,13H2,1H3,(H2,22,24). The third-order valence-electron chi connectivity index (χ3n) is 5.03. The predicted octanol–water partition coefficient (Wildman–Crippen LogP) is 3.56. The van der Waals surface area contributed by atoms with Crippen LogP contribution >= 0.6 is 0 Å². The molecule has 2 N–H and O–H groups in total. The smallest absolute Gasteiger partial charge is 0.234 e. The van der Waals surface area contributed by atoms with Crippen LogP contribution in [0.4, 0.5) is 0 Å². The quantitative estimate of drug-likeness (QED) is 0.764. The monoisotopic (exact) mass is 350 g/mol. The average Bonchev–Trinajstić information content (AvgIpc) is 3.28. The van der Waals surface area contributed by atoms with E-state index in [0.29, 0.717) is 0 Å². The fourth-order valence-corrected chi connectivity index (χ4v) is 3.66. The van der Waals surface area contributed by atoms with Crippen molar-refractivity contribution in [3.8, 4) is 17.1 Å². The minimum Gasteiger partial charge on any atom is -0.497 e. The topological polar surface area (TPSA) is 68.7 Å². The van der Waals surface area contributed by atoms with Gasteiger partial charge in [0.1, 0.15) is 17.1 Å². The molecule has 134 valence electrons. The molecule has 2 aromatic carbocycles. The van der Waals surface area contributed by atoms with Crippen molar-refractivity contribution in [1.29, 1.82) is 0 Å². The zero-order chi connectivity index (χ0) is 18.1. The first-order valence-electron chi connectivity index (χ1n) is 8.84. The highest BCUT2D eigenvalue weighted by atomic mass is 16.5. The van der Waals surface area contributed by atoms with Crippen LogP contribution in [0, 0.1) is 0 Å². The Morgan fingerprint density at radius 1 is 1.23 bits per heavy atom. The van der Waals surface area contributed by atoms with Crippen LogP contribution in [0.2, 0.25) is 0 Å². The molecule has 1 saturated heterocycles. The summed E-state index contributed by atoms with van der Waals surface area (Å²) in [5.41, 5.74) is 8.54. The predicted molar refractivity (Wildman–Crippen MR) is 101 cm³/mol. The Morgan fingerprint density at radius 2 is 2.04 bits per heavy atom. The number of benzene rings is 2. The van der Waals surface area contributed by atoms with Crippen molar-refractivity contribution in [2.45, 2.75) is 25.4 Å². The lowest BCUT2D eigenvalue weighted by Crippen LogP contribution is -2.39. The van der Waals surface area contributed by atoms with Crippen molar-refractivity contribution in [2.75, 3.05) is 13.7 Å². The minimum atomic E-state index is -0.228. The van der Waals surface area contributed by atoms with Gasteiger partial charge in [0.15, 0.2) is 0 Å². The zero-order valence-corrected chi connectivity index (χ0v) is 14.8. The molecule has 1 amide bonds. The summed E-state index contributed by atoms with van der Waals surface area (Å²) in [6, 6.07) is 15.9. The second-order valence-electron chi connectivity index (χ2n) is 6.74. The molecular weight excluding hydrogens is 328 g/mol. The molecule has 1 atom stereocenters. The second-order valence-corrected chi connectivity index (χ2v) is 6.74. The molecule has 1 aliphatic rings. The van der Waals surface area contributed by atoms with Gasteiger partial charge in [0, 0.05) is 17.5 Å². The highest BCUT2D eigenvalue weighted by molar-refractivity contribution is 5.83. The summed E-state index contributed by atoms with van der Waals surface area (Å²) >= 11 is 0. The van der Waals surface area contributed by atoms with Gasteiger partial charge in [-0.25, -0.2) is 0 Å². The molecule has 1 aromatic heterocycles. The average molecular weight is 350 g/mol. The van der Waals surface area contributed by atoms with Gasteiger partial charge in [-0.2, -0.15) is 0 Å². The van der Waals surface area contributed by atoms with Gasteiger partial charge in [0.25, 0.3) is 0 Å². The Kier molecular flexibility index (Phi) is 4.39. The summed E-state index contributed by atoms with van der Waals surface area (Å²) < 4.78 is 11.2. The van der Waals surface area contributed by atoms with Crippen LogP contribution in [0.1, 0.15) is 18.4 Å². The Bertz CT molecular complexity index is 930. The van der Waals surface area contributed by atoms with E-state index in [-0.39, 0.29) is 11.9 Å². The minimum absolute atomic E-state index is 0.148. The summed E-state index contributed by atoms with van der Waals surface area (Å²) in [5.74, 6) is 1.42. The van der Waals surface area contributed by atoms with Crippen LogP contribution in [0.25, 0.3) is 22.3 Å². The summed E-state index contributed by atoms with van der Waals surface area (Å²) in [7, 11) is 1.65. The van der Waals surface area contributed by atoms with Crippen molar-refractivity contribution >= 4 is 16.9 Å². The number of nitrogens with zero attached hydrogens (tertiary/aromatic N) is 1. The van der Waals surface area contributed by atoms with E-state index < -0.39 is 0 Å². The molecule has 1 fully saturated rings. The largest absolute Gasteiger partial charge is 0.497 e. The fraction of sp³-hybridized carbons (Fsp3) is 0.286. The van der Waals surface area contributed by atoms with Crippen molar-refractivity contribution in [3.63, 3.8) is 0 Å². The number of furan rings is 1. The van der Waals surface area contributed by atoms with Gasteiger partial charge in [-0.05, 0) is 67.4 Å². The van der Waals surface area contributed by atoms with Gasteiger partial charge < -0.3 is 14.9 Å². The van der Waals surface area contributed by atoms with Gasteiger partial charge in [-0.15, -0.1) is 0 Å². The fourth-order valence-electron chi connectivity index (χ4n) is 3.66. The molecule has 5 heteroatoms. The van der Waals surface area contributed by atoms with E-state index in [1.165, 1.54) is 0 Å². The molecule has 0 aliphatic carbocycles. The normalized spacial score (nSPS) is 17.7. The van der Waals surface area contributed by atoms with Crippen LogP contribution in [0.3, 0.4) is 0 Å². The van der Waals surface area contributed by atoms with E-state index in [0.717, 1.165) is 59.5 Å². The summed E-state index contributed by atoms with van der Waals surface area (Å²) in [4.78, 5) is 13.7. The molecule has 0 radical (unpaired) electrons. The number of amides is 1. The summed E-state index contributed by atoms with van der Waals surface area (Å²) in [6.45, 7) is 1.64. The van der Waals surface area contributed by atoms with Crippen molar-refractivity contribution in [3.05, 3.63) is 54.1 Å². The zero-order valence-electron chi connectivity index (χ0n) is 14.8. The molecule has 5 nitrogen and oxygen atoms in total. The SMILES string of the molecule is COc1ccc(-c2cc3cc(CN4CCCC4C(N)=O)ccc3o2)cc1. The first-order chi connectivity index (χ1) is 12.6. The maximum Gasteiger partial charge on any atom is 0.234 e. The third-order valence-corrected chi connectivity index (χ3v) is 5.03. The number of carbonyl (C=O) groups is 1. The Hall–Kier alpha value is -2.79. The van der Waals surface area contributed by atoms with Gasteiger partial charge in [-0.3, -0.25) is 9.69 Å². The van der Waals surface area contributed by atoms with Gasteiger partial charge >= 0.3 is 0 Å². The lowest BCUT2D eigenvalue weighted by molar-refractivity contribution is -0.122. The van der Waals surface area contributed by atoms with E-state index >= 15 is 0 Å². The molecular formula is C21H22N2O3. The van der Waals surface area contributed by atoms with Crippen molar-refractivity contribution in [1.82, 2.24) is 4.90 Å². The maximum absolute atomic E-state index is 11.6. The second kappa shape index (κ2) is 6.84. The molecule has 26 heavy (non-hydrogen) atoms. The van der Waals surface area contributed by atoms with Crippen LogP contribution < -0.4 is 10.5 Å². The number of nitrogens with two attached hydrogens (primary N) is 1. The molecule has 1 aliphatic heterocycles. The highest BCUT2D eigenvalue weighted by Crippen LogP contribution is 2.30. The van der Waals surface area contributed by atoms with E-state index in [1.807, 2.05) is 30.3 Å². The molecule has 0 saturated carbocycles. The van der Waals surface area contributed by atoms with Gasteiger partial charge in [-0.1, -0.05) is 6.07 Å². The first kappa shape index (κ1) is 16.7. The van der Waals surface area contributed by atoms with Crippen LogP contribution in [0.15, 0.2) is 52.9 Å². The maximum atomic E-state index is 11.6. The Labute approximate surface area is 152 Å². The van der Waals surface area contributed by atoms with E-state index in [1.54, 1.807) is 7.11 Å². The lowest BCUT2D eigenvalue weighted by atomic mass is 10.1. The van der Waals surface area contributed by atoms with Crippen molar-refractivity contribution < 1.29 is 13.9 Å². The molecule has 2 heterocycles. The van der Waals surface area contributed by atoms with Crippen LogP contribution in [0.5, 0.6) is 5.75 Å². The molecule has 3 aromatic rings. The molecule has 0 spiro atoms. The number of hydrogen-bond donors (Lipinski definition) is 1. The number of methoxy groups -OCH3 is 1. The van der Waals surface area contributed by atoms with Crippen LogP contribution in [-0.2, 0) is 11.3 Å². The number of fused-ring (bicyclic) bond motifs is 1. The number of ether oxygens (including phenoxy) is 1. The van der Waals surface area contributed by atoms with E-state index in [2.05, 4.69) is 23.1 Å². The lowest BCUT2D eigenvalue weighted by Gasteiger charge is -2.21. The molecule has 4 rings (SSSR count). The molecule has 1 unspecified atom stereocenters. The number of hydrogen-bond acceptors (Lipinski definition) is 4. The number of carbonyl (C=O) groups excluding carboxylic acids is 1. The Morgan fingerprint density at radius 3 is 2.77 bits per heavy atom. The third kappa shape index (κ3) is 3.18. The van der Waals surface area contributed by atoms with E-state index in [4.69, 9.17) is 14.9 Å². The molecule has 0 bridgehead atoms. The summed E-state index contributed by atoms with van der Waals surface area (Å²) in [5, 5.41) is 1.06. The number of likely N-dealkylation sites (tertiary alicyclic amines) is 1. The summed E-state index contributed by atoms with van der Waals surface area (Å²) in [6.07, 6.45) is 1.87. The number of rotatable bonds is 5. The van der Waals surface area contributed by atoms with Crippen molar-refractivity contribution in [2.24, 2.45) is 5.73 Å². The Balaban J connectivity index is 1.58. The first-order valence-corrected chi connectivity index (χ1v) is 8.84. The van der Waals surface area contributed by atoms with Crippen LogP contribution in [-0.4, -0.2) is 30.5 Å². The highest BCUT2D eigenvalue weighted by Gasteiger charge is 2.28. The van der Waals surface area contributed by atoms with Gasteiger partial charge in [0.2, 0.25) is 5.91 Å².